The van der Waals surface area contributed by atoms with Crippen LogP contribution >= 0.6 is 11.3 Å². The standard InChI is InChI=1S/C24H28N4O2S/c1-17(29)26-24-27-21-8-7-20(15-22(21)31-24)23(30)25-12-9-18-10-13-28(14-11-18)16-19-5-3-2-4-6-19/h2-8,15,18H,9-14,16H2,1H3,(H,25,30)(H,26,27,29). The highest BCUT2D eigenvalue weighted by Crippen LogP contribution is 2.27. The van der Waals surface area contributed by atoms with E-state index >= 15 is 0 Å². The van der Waals surface area contributed by atoms with E-state index in [1.807, 2.05) is 12.1 Å². The monoisotopic (exact) mass is 436 g/mol. The Morgan fingerprint density at radius 2 is 1.90 bits per heavy atom. The van der Waals surface area contributed by atoms with E-state index in [9.17, 15) is 9.59 Å². The van der Waals surface area contributed by atoms with Crippen molar-refractivity contribution in [2.24, 2.45) is 5.92 Å². The number of nitrogens with one attached hydrogen (secondary N) is 2. The highest BCUT2D eigenvalue weighted by atomic mass is 32.1. The van der Waals surface area contributed by atoms with Gasteiger partial charge in [0.05, 0.1) is 10.2 Å². The number of likely N-dealkylation sites (tertiary alicyclic amines) is 1. The molecule has 2 heterocycles. The lowest BCUT2D eigenvalue weighted by molar-refractivity contribution is -0.114. The Labute approximate surface area is 186 Å². The SMILES string of the molecule is CC(=O)Nc1nc2ccc(C(=O)NCCC3CCN(Cc4ccccc4)CC3)cc2s1. The van der Waals surface area contributed by atoms with E-state index in [2.05, 4.69) is 50.8 Å². The van der Waals surface area contributed by atoms with Crippen LogP contribution in [0.2, 0.25) is 0 Å². The summed E-state index contributed by atoms with van der Waals surface area (Å²) in [6, 6.07) is 16.1. The maximum Gasteiger partial charge on any atom is 0.251 e. The van der Waals surface area contributed by atoms with Gasteiger partial charge in [0.2, 0.25) is 5.91 Å². The van der Waals surface area contributed by atoms with Crippen LogP contribution in [0.4, 0.5) is 5.13 Å². The molecule has 3 aromatic rings. The number of hydrogen-bond donors (Lipinski definition) is 2. The number of thiazole rings is 1. The Hall–Kier alpha value is -2.77. The first-order chi connectivity index (χ1) is 15.1. The Balaban J connectivity index is 1.22. The highest BCUT2D eigenvalue weighted by Gasteiger charge is 2.19. The molecule has 0 saturated carbocycles. The zero-order valence-electron chi connectivity index (χ0n) is 17.8. The number of anilines is 1. The van der Waals surface area contributed by atoms with E-state index in [4.69, 9.17) is 0 Å². The Kier molecular flexibility index (Phi) is 6.94. The average Bonchev–Trinajstić information content (AvgIpc) is 3.16. The topological polar surface area (TPSA) is 74.3 Å². The normalized spacial score (nSPS) is 15.1. The second-order valence-electron chi connectivity index (χ2n) is 8.13. The lowest BCUT2D eigenvalue weighted by Crippen LogP contribution is -2.34. The molecule has 2 amide bonds. The number of aromatic nitrogens is 1. The average molecular weight is 437 g/mol. The molecular formula is C24H28N4O2S. The van der Waals surface area contributed by atoms with Crippen LogP contribution in [0.25, 0.3) is 10.2 Å². The number of hydrogen-bond acceptors (Lipinski definition) is 5. The molecule has 1 saturated heterocycles. The number of fused-ring (bicyclic) bond motifs is 1. The van der Waals surface area contributed by atoms with Gasteiger partial charge in [0.15, 0.2) is 5.13 Å². The van der Waals surface area contributed by atoms with E-state index in [0.29, 0.717) is 23.2 Å². The fourth-order valence-corrected chi connectivity index (χ4v) is 4.99. The largest absolute Gasteiger partial charge is 0.352 e. The van der Waals surface area contributed by atoms with Crippen LogP contribution in [-0.2, 0) is 11.3 Å². The summed E-state index contributed by atoms with van der Waals surface area (Å²) < 4.78 is 0.891. The van der Waals surface area contributed by atoms with Gasteiger partial charge in [0, 0.05) is 25.6 Å². The van der Waals surface area contributed by atoms with E-state index in [0.717, 1.165) is 36.3 Å². The highest BCUT2D eigenvalue weighted by molar-refractivity contribution is 7.22. The quantitative estimate of drug-likeness (QED) is 0.580. The molecule has 2 N–H and O–H groups in total. The molecule has 4 rings (SSSR count). The van der Waals surface area contributed by atoms with Crippen molar-refractivity contribution in [3.8, 4) is 0 Å². The van der Waals surface area contributed by atoms with E-state index in [1.54, 1.807) is 6.07 Å². The molecule has 162 valence electrons. The number of amides is 2. The molecule has 0 spiro atoms. The molecule has 7 heteroatoms. The van der Waals surface area contributed by atoms with Crippen molar-refractivity contribution < 1.29 is 9.59 Å². The predicted molar refractivity (Wildman–Crippen MR) is 125 cm³/mol. The summed E-state index contributed by atoms with van der Waals surface area (Å²) >= 11 is 1.38. The molecule has 0 radical (unpaired) electrons. The third-order valence-corrected chi connectivity index (χ3v) is 6.66. The van der Waals surface area contributed by atoms with Crippen molar-refractivity contribution in [1.29, 1.82) is 0 Å². The third kappa shape index (κ3) is 5.89. The van der Waals surface area contributed by atoms with Crippen LogP contribution in [-0.4, -0.2) is 41.3 Å². The van der Waals surface area contributed by atoms with Crippen molar-refractivity contribution in [2.45, 2.75) is 32.7 Å². The van der Waals surface area contributed by atoms with Gasteiger partial charge in [-0.1, -0.05) is 41.7 Å². The molecule has 0 unspecified atom stereocenters. The van der Waals surface area contributed by atoms with Gasteiger partial charge in [0.25, 0.3) is 5.91 Å². The minimum Gasteiger partial charge on any atom is -0.352 e. The van der Waals surface area contributed by atoms with Crippen LogP contribution in [0.5, 0.6) is 0 Å². The van der Waals surface area contributed by atoms with Crippen LogP contribution in [0.15, 0.2) is 48.5 Å². The van der Waals surface area contributed by atoms with Gasteiger partial charge in [-0.25, -0.2) is 4.98 Å². The smallest absolute Gasteiger partial charge is 0.251 e. The molecule has 1 fully saturated rings. The van der Waals surface area contributed by atoms with Crippen LogP contribution < -0.4 is 10.6 Å². The van der Waals surface area contributed by atoms with Gasteiger partial charge in [0.1, 0.15) is 0 Å². The summed E-state index contributed by atoms with van der Waals surface area (Å²) in [5.74, 6) is 0.456. The molecule has 31 heavy (non-hydrogen) atoms. The zero-order chi connectivity index (χ0) is 21.6. The Morgan fingerprint density at radius 1 is 1.13 bits per heavy atom. The van der Waals surface area contributed by atoms with Gasteiger partial charge in [-0.2, -0.15) is 0 Å². The zero-order valence-corrected chi connectivity index (χ0v) is 18.6. The Bertz CT molecular complexity index is 1040. The maximum atomic E-state index is 12.6. The van der Waals surface area contributed by atoms with Crippen LogP contribution in [0, 0.1) is 5.92 Å². The number of rotatable bonds is 7. The molecular weight excluding hydrogens is 408 g/mol. The summed E-state index contributed by atoms with van der Waals surface area (Å²) in [5.41, 5.74) is 2.78. The second kappa shape index (κ2) is 10.0. The van der Waals surface area contributed by atoms with Gasteiger partial charge >= 0.3 is 0 Å². The molecule has 1 aliphatic rings. The molecule has 0 atom stereocenters. The minimum atomic E-state index is -0.150. The van der Waals surface area contributed by atoms with Crippen molar-refractivity contribution in [1.82, 2.24) is 15.2 Å². The molecule has 6 nitrogen and oxygen atoms in total. The predicted octanol–water partition coefficient (Wildman–Crippen LogP) is 4.29. The first-order valence-electron chi connectivity index (χ1n) is 10.8. The molecule has 0 aliphatic carbocycles. The van der Waals surface area contributed by atoms with E-state index < -0.39 is 0 Å². The summed E-state index contributed by atoms with van der Waals surface area (Å²) in [6.07, 6.45) is 3.38. The van der Waals surface area contributed by atoms with Crippen LogP contribution in [0.3, 0.4) is 0 Å². The van der Waals surface area contributed by atoms with Crippen molar-refractivity contribution in [3.63, 3.8) is 0 Å². The number of piperidine rings is 1. The summed E-state index contributed by atoms with van der Waals surface area (Å²) in [5, 5.41) is 6.31. The summed E-state index contributed by atoms with van der Waals surface area (Å²) in [4.78, 5) is 30.6. The van der Waals surface area contributed by atoms with E-state index in [1.165, 1.54) is 36.7 Å². The first kappa shape index (κ1) is 21.5. The third-order valence-electron chi connectivity index (χ3n) is 5.73. The van der Waals surface area contributed by atoms with Gasteiger partial charge < -0.3 is 10.6 Å². The number of benzene rings is 2. The lowest BCUT2D eigenvalue weighted by atomic mass is 9.93. The first-order valence-corrected chi connectivity index (χ1v) is 11.6. The van der Waals surface area contributed by atoms with Crippen molar-refractivity contribution in [2.75, 3.05) is 25.0 Å². The minimum absolute atomic E-state index is 0.0575. The van der Waals surface area contributed by atoms with Gasteiger partial charge in [-0.15, -0.1) is 0 Å². The molecule has 0 bridgehead atoms. The molecule has 1 aliphatic heterocycles. The van der Waals surface area contributed by atoms with Crippen LogP contribution in [0.1, 0.15) is 42.1 Å². The van der Waals surface area contributed by atoms with Crippen molar-refractivity contribution >= 4 is 38.5 Å². The fourth-order valence-electron chi connectivity index (χ4n) is 4.04. The maximum absolute atomic E-state index is 12.6. The van der Waals surface area contributed by atoms with E-state index in [-0.39, 0.29) is 11.8 Å². The number of carbonyl (C=O) groups is 2. The van der Waals surface area contributed by atoms with Gasteiger partial charge in [-0.3, -0.25) is 14.5 Å². The summed E-state index contributed by atoms with van der Waals surface area (Å²) in [6.45, 7) is 5.41. The van der Waals surface area contributed by atoms with Gasteiger partial charge in [-0.05, 0) is 62.0 Å². The fraction of sp³-hybridized carbons (Fsp3) is 0.375. The summed E-state index contributed by atoms with van der Waals surface area (Å²) in [7, 11) is 0. The molecule has 1 aromatic heterocycles. The Morgan fingerprint density at radius 3 is 2.65 bits per heavy atom. The molecule has 2 aromatic carbocycles. The van der Waals surface area contributed by atoms with Crippen molar-refractivity contribution in [3.05, 3.63) is 59.7 Å². The number of nitrogens with zero attached hydrogens (tertiary/aromatic N) is 2. The number of carbonyl (C=O) groups excluding carboxylic acids is 2. The second-order valence-corrected chi connectivity index (χ2v) is 9.16. The lowest BCUT2D eigenvalue weighted by Gasteiger charge is -2.32.